The molecule has 1 heterocycles. The first-order valence-corrected chi connectivity index (χ1v) is 6.53. The van der Waals surface area contributed by atoms with Crippen molar-refractivity contribution >= 4 is 0 Å². The van der Waals surface area contributed by atoms with Crippen LogP contribution in [0.1, 0.15) is 29.7 Å². The van der Waals surface area contributed by atoms with Crippen LogP contribution in [0.5, 0.6) is 0 Å². The molecule has 0 atom stereocenters. The number of hydrogen-bond acceptors (Lipinski definition) is 3. The largest absolute Gasteiger partial charge is 0.330 e. The molecule has 0 aliphatic heterocycles. The molecular weight excluding hydrogens is 243 g/mol. The van der Waals surface area contributed by atoms with Crippen molar-refractivity contribution in [1.29, 1.82) is 0 Å². The molecule has 1 aromatic carbocycles. The van der Waals surface area contributed by atoms with Crippen molar-refractivity contribution in [2.24, 2.45) is 5.73 Å². The summed E-state index contributed by atoms with van der Waals surface area (Å²) < 4.78 is 14.8. The molecule has 102 valence electrons. The van der Waals surface area contributed by atoms with Crippen molar-refractivity contribution in [3.63, 3.8) is 0 Å². The van der Waals surface area contributed by atoms with E-state index in [1.807, 2.05) is 13.1 Å². The Morgan fingerprint density at radius 3 is 2.89 bits per heavy atom. The first-order chi connectivity index (χ1) is 9.19. The quantitative estimate of drug-likeness (QED) is 0.811. The Bertz CT molecular complexity index is 536. The smallest absolute Gasteiger partial charge is 0.123 e. The third kappa shape index (κ3) is 3.86. The lowest BCUT2D eigenvalue weighted by molar-refractivity contribution is 0.619. The zero-order chi connectivity index (χ0) is 13.7. The van der Waals surface area contributed by atoms with E-state index in [1.165, 1.54) is 12.1 Å². The van der Waals surface area contributed by atoms with Crippen molar-refractivity contribution in [2.75, 3.05) is 6.54 Å². The van der Waals surface area contributed by atoms with Gasteiger partial charge in [0.15, 0.2) is 0 Å². The van der Waals surface area contributed by atoms with E-state index in [2.05, 4.69) is 10.3 Å². The van der Waals surface area contributed by atoms with Crippen molar-refractivity contribution < 1.29 is 4.39 Å². The first-order valence-electron chi connectivity index (χ1n) is 6.53. The van der Waals surface area contributed by atoms with Crippen LogP contribution in [0, 0.1) is 12.7 Å². The molecule has 19 heavy (non-hydrogen) atoms. The Morgan fingerprint density at radius 2 is 2.16 bits per heavy atom. The van der Waals surface area contributed by atoms with Crippen molar-refractivity contribution in [2.45, 2.75) is 32.7 Å². The van der Waals surface area contributed by atoms with Crippen LogP contribution >= 0.6 is 0 Å². The molecule has 0 aliphatic carbocycles. The second kappa shape index (κ2) is 6.43. The SMILES string of the molecule is Cc1cc(F)ccc1Cn1cc(CCCCN)nn1. The molecule has 0 saturated heterocycles. The fourth-order valence-electron chi connectivity index (χ4n) is 1.99. The summed E-state index contributed by atoms with van der Waals surface area (Å²) in [6, 6.07) is 4.80. The molecule has 0 amide bonds. The van der Waals surface area contributed by atoms with Crippen molar-refractivity contribution in [1.82, 2.24) is 15.0 Å². The second-order valence-electron chi connectivity index (χ2n) is 4.72. The van der Waals surface area contributed by atoms with Gasteiger partial charge in [-0.25, -0.2) is 9.07 Å². The van der Waals surface area contributed by atoms with E-state index in [0.717, 1.165) is 36.1 Å². The van der Waals surface area contributed by atoms with E-state index in [1.54, 1.807) is 10.7 Å². The predicted molar refractivity (Wildman–Crippen MR) is 72.3 cm³/mol. The van der Waals surface area contributed by atoms with Crippen molar-refractivity contribution in [3.8, 4) is 0 Å². The van der Waals surface area contributed by atoms with E-state index in [9.17, 15) is 4.39 Å². The van der Waals surface area contributed by atoms with Gasteiger partial charge in [-0.15, -0.1) is 5.10 Å². The first kappa shape index (κ1) is 13.7. The van der Waals surface area contributed by atoms with Gasteiger partial charge in [-0.3, -0.25) is 0 Å². The van der Waals surface area contributed by atoms with E-state index in [0.29, 0.717) is 13.1 Å². The number of aromatic nitrogens is 3. The molecule has 2 N–H and O–H groups in total. The van der Waals surface area contributed by atoms with Crippen LogP contribution in [-0.2, 0) is 13.0 Å². The summed E-state index contributed by atoms with van der Waals surface area (Å²) in [6.45, 7) is 3.23. The fourth-order valence-corrected chi connectivity index (χ4v) is 1.99. The Morgan fingerprint density at radius 1 is 1.32 bits per heavy atom. The molecule has 0 unspecified atom stereocenters. The molecule has 0 bridgehead atoms. The molecule has 0 fully saturated rings. The molecule has 2 aromatic rings. The summed E-state index contributed by atoms with van der Waals surface area (Å²) in [5.41, 5.74) is 8.42. The van der Waals surface area contributed by atoms with Crippen LogP contribution in [-0.4, -0.2) is 21.5 Å². The summed E-state index contributed by atoms with van der Waals surface area (Å²) in [6.07, 6.45) is 4.88. The maximum Gasteiger partial charge on any atom is 0.123 e. The van der Waals surface area contributed by atoms with Gasteiger partial charge < -0.3 is 5.73 Å². The average molecular weight is 262 g/mol. The summed E-state index contributed by atoms with van der Waals surface area (Å²) in [5.74, 6) is -0.206. The number of unbranched alkanes of at least 4 members (excludes halogenated alkanes) is 1. The number of nitrogens with two attached hydrogens (primary N) is 1. The van der Waals surface area contributed by atoms with Gasteiger partial charge in [0.25, 0.3) is 0 Å². The summed E-state index contributed by atoms with van der Waals surface area (Å²) in [7, 11) is 0. The standard InChI is InChI=1S/C14H19FN4/c1-11-8-13(15)6-5-12(11)9-19-10-14(17-18-19)4-2-3-7-16/h5-6,8,10H,2-4,7,9,16H2,1H3. The highest BCUT2D eigenvalue weighted by atomic mass is 19.1. The third-order valence-corrected chi connectivity index (χ3v) is 3.11. The van der Waals surface area contributed by atoms with Crippen LogP contribution < -0.4 is 5.73 Å². The molecule has 1 aromatic heterocycles. The maximum atomic E-state index is 13.0. The van der Waals surface area contributed by atoms with Gasteiger partial charge >= 0.3 is 0 Å². The zero-order valence-corrected chi connectivity index (χ0v) is 11.1. The highest BCUT2D eigenvalue weighted by Crippen LogP contribution is 2.11. The number of nitrogens with zero attached hydrogens (tertiary/aromatic N) is 3. The molecule has 0 aliphatic rings. The van der Waals surface area contributed by atoms with Crippen molar-refractivity contribution in [3.05, 3.63) is 47.0 Å². The Labute approximate surface area is 112 Å². The topological polar surface area (TPSA) is 56.7 Å². The zero-order valence-electron chi connectivity index (χ0n) is 11.1. The van der Waals surface area contributed by atoms with Crippen LogP contribution in [0.4, 0.5) is 4.39 Å². The Hall–Kier alpha value is -1.75. The van der Waals surface area contributed by atoms with Crippen LogP contribution in [0.15, 0.2) is 24.4 Å². The molecule has 5 heteroatoms. The molecular formula is C14H19FN4. The Kier molecular flexibility index (Phi) is 4.63. The molecule has 4 nitrogen and oxygen atoms in total. The molecule has 2 rings (SSSR count). The molecule has 0 saturated carbocycles. The summed E-state index contributed by atoms with van der Waals surface area (Å²) >= 11 is 0. The van der Waals surface area contributed by atoms with E-state index < -0.39 is 0 Å². The van der Waals surface area contributed by atoms with Gasteiger partial charge in [-0.1, -0.05) is 11.3 Å². The average Bonchev–Trinajstić information content (AvgIpc) is 2.81. The third-order valence-electron chi connectivity index (χ3n) is 3.11. The van der Waals surface area contributed by atoms with Gasteiger partial charge in [0.1, 0.15) is 5.82 Å². The lowest BCUT2D eigenvalue weighted by Crippen LogP contribution is -2.02. The Balaban J connectivity index is 1.99. The highest BCUT2D eigenvalue weighted by Gasteiger charge is 2.04. The number of aryl methyl sites for hydroxylation is 2. The lowest BCUT2D eigenvalue weighted by atomic mass is 10.1. The molecule has 0 spiro atoms. The summed E-state index contributed by atoms with van der Waals surface area (Å²) in [4.78, 5) is 0. The van der Waals surface area contributed by atoms with E-state index >= 15 is 0 Å². The maximum absolute atomic E-state index is 13.0. The highest BCUT2D eigenvalue weighted by molar-refractivity contribution is 5.26. The minimum atomic E-state index is -0.206. The van der Waals surface area contributed by atoms with Gasteiger partial charge in [-0.05, 0) is 56.0 Å². The minimum Gasteiger partial charge on any atom is -0.330 e. The van der Waals surface area contributed by atoms with Crippen LogP contribution in [0.2, 0.25) is 0 Å². The number of halogens is 1. The number of benzene rings is 1. The van der Waals surface area contributed by atoms with Gasteiger partial charge in [0.2, 0.25) is 0 Å². The van der Waals surface area contributed by atoms with Crippen LogP contribution in [0.3, 0.4) is 0 Å². The monoisotopic (exact) mass is 262 g/mol. The lowest BCUT2D eigenvalue weighted by Gasteiger charge is -2.05. The number of rotatable bonds is 6. The molecule has 0 radical (unpaired) electrons. The normalized spacial score (nSPS) is 10.9. The fraction of sp³-hybridized carbons (Fsp3) is 0.429. The van der Waals surface area contributed by atoms with Gasteiger partial charge in [0, 0.05) is 6.20 Å². The van der Waals surface area contributed by atoms with E-state index in [-0.39, 0.29) is 5.82 Å². The van der Waals surface area contributed by atoms with Gasteiger partial charge in [-0.2, -0.15) is 0 Å². The second-order valence-corrected chi connectivity index (χ2v) is 4.72. The van der Waals surface area contributed by atoms with E-state index in [4.69, 9.17) is 5.73 Å². The minimum absolute atomic E-state index is 0.206. The number of hydrogen-bond donors (Lipinski definition) is 1. The van der Waals surface area contributed by atoms with Crippen LogP contribution in [0.25, 0.3) is 0 Å². The summed E-state index contributed by atoms with van der Waals surface area (Å²) in [5, 5.41) is 8.22. The van der Waals surface area contributed by atoms with Gasteiger partial charge in [0.05, 0.1) is 12.2 Å². The predicted octanol–water partition coefficient (Wildman–Crippen LogP) is 2.06.